The van der Waals surface area contributed by atoms with Crippen LogP contribution in [0.3, 0.4) is 0 Å². The minimum Gasteiger partial charge on any atom is -0.383 e. The average molecular weight is 347 g/mol. The van der Waals surface area contributed by atoms with E-state index in [-0.39, 0.29) is 17.9 Å². The summed E-state index contributed by atoms with van der Waals surface area (Å²) in [6.07, 6.45) is 1.39. The number of methoxy groups -OCH3 is 1. The van der Waals surface area contributed by atoms with Gasteiger partial charge in [0, 0.05) is 44.8 Å². The van der Waals surface area contributed by atoms with Gasteiger partial charge in [0.2, 0.25) is 5.91 Å². The molecule has 0 aromatic heterocycles. The van der Waals surface area contributed by atoms with Gasteiger partial charge in [-0.2, -0.15) is 0 Å². The molecular formula is C19H29N3O3. The van der Waals surface area contributed by atoms with Crippen LogP contribution in [0.4, 0.5) is 0 Å². The van der Waals surface area contributed by atoms with Gasteiger partial charge in [-0.1, -0.05) is 18.2 Å². The van der Waals surface area contributed by atoms with Crippen LogP contribution in [0, 0.1) is 5.92 Å². The lowest BCUT2D eigenvalue weighted by Crippen LogP contribution is -2.38. The van der Waals surface area contributed by atoms with Crippen molar-refractivity contribution in [2.75, 3.05) is 39.9 Å². The van der Waals surface area contributed by atoms with E-state index in [0.29, 0.717) is 24.4 Å². The van der Waals surface area contributed by atoms with E-state index < -0.39 is 0 Å². The third-order valence-corrected chi connectivity index (χ3v) is 4.47. The van der Waals surface area contributed by atoms with Crippen molar-refractivity contribution >= 4 is 11.8 Å². The Hall–Kier alpha value is -1.92. The highest BCUT2D eigenvalue weighted by molar-refractivity contribution is 5.94. The van der Waals surface area contributed by atoms with Gasteiger partial charge >= 0.3 is 0 Å². The van der Waals surface area contributed by atoms with Crippen LogP contribution in [-0.4, -0.2) is 62.7 Å². The first-order valence-corrected chi connectivity index (χ1v) is 8.92. The minimum atomic E-state index is -0.200. The van der Waals surface area contributed by atoms with E-state index in [0.717, 1.165) is 32.7 Å². The summed E-state index contributed by atoms with van der Waals surface area (Å²) in [5, 5.41) is 5.86. The Morgan fingerprint density at radius 2 is 2.08 bits per heavy atom. The fourth-order valence-corrected chi connectivity index (χ4v) is 3.06. The number of hydrogen-bond acceptors (Lipinski definition) is 4. The van der Waals surface area contributed by atoms with Gasteiger partial charge in [-0.15, -0.1) is 0 Å². The summed E-state index contributed by atoms with van der Waals surface area (Å²) in [5.74, 6) is 0.330. The lowest BCUT2D eigenvalue weighted by Gasteiger charge is -2.17. The van der Waals surface area contributed by atoms with Crippen LogP contribution in [-0.2, 0) is 9.53 Å². The highest BCUT2D eigenvalue weighted by Gasteiger charge is 2.22. The van der Waals surface area contributed by atoms with Gasteiger partial charge in [-0.05, 0) is 37.9 Å². The number of nitrogens with zero attached hydrogens (tertiary/aromatic N) is 1. The van der Waals surface area contributed by atoms with Crippen molar-refractivity contribution in [2.45, 2.75) is 25.8 Å². The van der Waals surface area contributed by atoms with Gasteiger partial charge in [0.15, 0.2) is 0 Å². The van der Waals surface area contributed by atoms with E-state index >= 15 is 0 Å². The molecule has 0 aliphatic carbocycles. The molecule has 0 unspecified atom stereocenters. The summed E-state index contributed by atoms with van der Waals surface area (Å²) in [6.45, 7) is 6.31. The molecule has 0 spiro atoms. The number of benzene rings is 1. The second-order valence-corrected chi connectivity index (χ2v) is 6.70. The molecule has 2 rings (SSSR count). The number of nitrogens with one attached hydrogen (secondary N) is 2. The van der Waals surface area contributed by atoms with Crippen molar-refractivity contribution in [2.24, 2.45) is 5.92 Å². The van der Waals surface area contributed by atoms with Gasteiger partial charge in [-0.3, -0.25) is 9.59 Å². The standard InChI is InChI=1S/C19H29N3O3/c1-15(21-19(24)17-6-4-3-5-7-17)12-18(23)20-13-16-8-9-22(14-16)10-11-25-2/h3-7,15-16H,8-14H2,1-2H3,(H,20,23)(H,21,24)/t15-,16-/m0/s1. The third-order valence-electron chi connectivity index (χ3n) is 4.47. The Labute approximate surface area is 149 Å². The normalized spacial score (nSPS) is 18.7. The molecule has 0 bridgehead atoms. The molecule has 2 N–H and O–H groups in total. The zero-order valence-electron chi connectivity index (χ0n) is 15.2. The number of likely N-dealkylation sites (tertiary alicyclic amines) is 1. The zero-order valence-corrected chi connectivity index (χ0v) is 15.2. The van der Waals surface area contributed by atoms with Gasteiger partial charge < -0.3 is 20.3 Å². The van der Waals surface area contributed by atoms with Crippen molar-refractivity contribution in [3.05, 3.63) is 35.9 Å². The largest absolute Gasteiger partial charge is 0.383 e. The first-order chi connectivity index (χ1) is 12.1. The highest BCUT2D eigenvalue weighted by atomic mass is 16.5. The lowest BCUT2D eigenvalue weighted by molar-refractivity contribution is -0.121. The average Bonchev–Trinajstić information content (AvgIpc) is 3.06. The number of ether oxygens (including phenoxy) is 1. The van der Waals surface area contributed by atoms with Crippen LogP contribution in [0.15, 0.2) is 30.3 Å². The van der Waals surface area contributed by atoms with Crippen molar-refractivity contribution in [3.63, 3.8) is 0 Å². The molecule has 0 saturated carbocycles. The fraction of sp³-hybridized carbons (Fsp3) is 0.579. The maximum atomic E-state index is 12.1. The molecule has 1 aromatic carbocycles. The minimum absolute atomic E-state index is 0.0174. The topological polar surface area (TPSA) is 70.7 Å². The van der Waals surface area contributed by atoms with Crippen LogP contribution in [0.2, 0.25) is 0 Å². The third kappa shape index (κ3) is 6.84. The zero-order chi connectivity index (χ0) is 18.1. The van der Waals surface area contributed by atoms with Crippen LogP contribution in [0.25, 0.3) is 0 Å². The Morgan fingerprint density at radius 1 is 1.32 bits per heavy atom. The second kappa shape index (κ2) is 10.2. The predicted molar refractivity (Wildman–Crippen MR) is 97.4 cm³/mol. The van der Waals surface area contributed by atoms with Gasteiger partial charge in [0.1, 0.15) is 0 Å². The van der Waals surface area contributed by atoms with E-state index in [2.05, 4.69) is 15.5 Å². The summed E-state index contributed by atoms with van der Waals surface area (Å²) >= 11 is 0. The Balaban J connectivity index is 1.64. The maximum absolute atomic E-state index is 12.1. The molecule has 6 nitrogen and oxygen atoms in total. The molecule has 1 aliphatic rings. The molecule has 1 aromatic rings. The number of rotatable bonds is 9. The van der Waals surface area contributed by atoms with Gasteiger partial charge in [0.05, 0.1) is 6.61 Å². The lowest BCUT2D eigenvalue weighted by atomic mass is 10.1. The predicted octanol–water partition coefficient (Wildman–Crippen LogP) is 1.28. The summed E-state index contributed by atoms with van der Waals surface area (Å²) in [6, 6.07) is 8.84. The molecule has 2 atom stereocenters. The molecule has 1 heterocycles. The van der Waals surface area contributed by atoms with Gasteiger partial charge in [0.25, 0.3) is 5.91 Å². The van der Waals surface area contributed by atoms with Crippen LogP contribution >= 0.6 is 0 Å². The van der Waals surface area contributed by atoms with Crippen LogP contribution in [0.5, 0.6) is 0 Å². The van der Waals surface area contributed by atoms with Crippen molar-refractivity contribution in [1.29, 1.82) is 0 Å². The van der Waals surface area contributed by atoms with E-state index in [1.54, 1.807) is 19.2 Å². The smallest absolute Gasteiger partial charge is 0.251 e. The second-order valence-electron chi connectivity index (χ2n) is 6.70. The van der Waals surface area contributed by atoms with Crippen LogP contribution in [0.1, 0.15) is 30.1 Å². The summed E-state index contributed by atoms with van der Waals surface area (Å²) < 4.78 is 5.10. The molecule has 0 radical (unpaired) electrons. The summed E-state index contributed by atoms with van der Waals surface area (Å²) in [4.78, 5) is 26.5. The van der Waals surface area contributed by atoms with E-state index in [1.165, 1.54) is 0 Å². The number of carbonyl (C=O) groups is 2. The Morgan fingerprint density at radius 3 is 2.80 bits per heavy atom. The van der Waals surface area contributed by atoms with E-state index in [4.69, 9.17) is 4.74 Å². The molecule has 1 saturated heterocycles. The number of hydrogen-bond donors (Lipinski definition) is 2. The van der Waals surface area contributed by atoms with Gasteiger partial charge in [-0.25, -0.2) is 0 Å². The SMILES string of the molecule is COCCN1CC[C@@H](CNC(=O)C[C@H](C)NC(=O)c2ccccc2)C1. The molecular weight excluding hydrogens is 318 g/mol. The number of amides is 2. The first-order valence-electron chi connectivity index (χ1n) is 8.92. The van der Waals surface area contributed by atoms with Crippen molar-refractivity contribution < 1.29 is 14.3 Å². The molecule has 1 aliphatic heterocycles. The maximum Gasteiger partial charge on any atom is 0.251 e. The molecule has 138 valence electrons. The van der Waals surface area contributed by atoms with Crippen LogP contribution < -0.4 is 10.6 Å². The van der Waals surface area contributed by atoms with E-state index in [1.807, 2.05) is 25.1 Å². The number of carbonyl (C=O) groups excluding carboxylic acids is 2. The molecule has 6 heteroatoms. The Bertz CT molecular complexity index is 550. The Kier molecular flexibility index (Phi) is 7.88. The van der Waals surface area contributed by atoms with E-state index in [9.17, 15) is 9.59 Å². The fourth-order valence-electron chi connectivity index (χ4n) is 3.06. The van der Waals surface area contributed by atoms with Crippen molar-refractivity contribution in [3.8, 4) is 0 Å². The van der Waals surface area contributed by atoms with Crippen molar-refractivity contribution in [1.82, 2.24) is 15.5 Å². The quantitative estimate of drug-likeness (QED) is 0.706. The first kappa shape index (κ1) is 19.4. The molecule has 2 amide bonds. The monoisotopic (exact) mass is 347 g/mol. The molecule has 1 fully saturated rings. The summed E-state index contributed by atoms with van der Waals surface area (Å²) in [5.41, 5.74) is 0.608. The highest BCUT2D eigenvalue weighted by Crippen LogP contribution is 2.14. The summed E-state index contributed by atoms with van der Waals surface area (Å²) in [7, 11) is 1.71. The molecule has 25 heavy (non-hydrogen) atoms.